The number of hydrogen-bond acceptors (Lipinski definition) is 1. The predicted octanol–water partition coefficient (Wildman–Crippen LogP) is 2.29. The van der Waals surface area contributed by atoms with Crippen LogP contribution in [0, 0.1) is 11.9 Å². The third kappa shape index (κ3) is 1.39. The second-order valence-electron chi connectivity index (χ2n) is 1.69. The molecule has 1 aromatic rings. The first kappa shape index (κ1) is 7.35. The van der Waals surface area contributed by atoms with Crippen LogP contribution in [0.2, 0.25) is 5.02 Å². The lowest BCUT2D eigenvalue weighted by atomic mass is 10.3. The lowest BCUT2D eigenvalue weighted by Crippen LogP contribution is -1.84. The summed E-state index contributed by atoms with van der Waals surface area (Å²) in [5.41, 5.74) is 0. The van der Waals surface area contributed by atoms with Gasteiger partial charge in [0.05, 0.1) is 18.2 Å². The minimum atomic E-state index is -0.582. The van der Waals surface area contributed by atoms with Crippen LogP contribution in [0.3, 0.4) is 0 Å². The molecule has 53 valence electrons. The molecule has 0 aliphatic rings. The summed E-state index contributed by atoms with van der Waals surface area (Å²) >= 11 is 5.38. The van der Waals surface area contributed by atoms with Crippen molar-refractivity contribution in [3.05, 3.63) is 29.0 Å². The van der Waals surface area contributed by atoms with Gasteiger partial charge in [-0.3, -0.25) is 0 Å². The van der Waals surface area contributed by atoms with E-state index in [4.69, 9.17) is 16.3 Å². The molecule has 0 N–H and O–H groups in total. The first-order valence-corrected chi connectivity index (χ1v) is 3.03. The summed E-state index contributed by atoms with van der Waals surface area (Å²) in [6.07, 6.45) is 0. The highest BCUT2D eigenvalue weighted by Gasteiger charge is 1.99. The quantitative estimate of drug-likeness (QED) is 0.611. The highest BCUT2D eigenvalue weighted by molar-refractivity contribution is 6.30. The smallest absolute Gasteiger partial charge is 0.153 e. The summed E-state index contributed by atoms with van der Waals surface area (Å²) in [6.45, 7) is 0. The van der Waals surface area contributed by atoms with E-state index >= 15 is 0 Å². The summed E-state index contributed by atoms with van der Waals surface area (Å²) in [5.74, 6) is -0.233. The van der Waals surface area contributed by atoms with Crippen LogP contribution in [0.5, 0.6) is 5.75 Å². The van der Waals surface area contributed by atoms with Crippen LogP contribution in [0.25, 0.3) is 0 Å². The van der Waals surface area contributed by atoms with E-state index in [1.54, 1.807) is 6.07 Å². The first-order valence-electron chi connectivity index (χ1n) is 2.65. The van der Waals surface area contributed by atoms with E-state index in [0.717, 1.165) is 0 Å². The Hall–Kier alpha value is -0.760. The fraction of sp³-hybridized carbons (Fsp3) is 0.143. The van der Waals surface area contributed by atoms with Crippen molar-refractivity contribution in [3.63, 3.8) is 0 Å². The summed E-state index contributed by atoms with van der Waals surface area (Å²) < 4.78 is 17.2. The molecule has 0 aliphatic carbocycles. The van der Waals surface area contributed by atoms with E-state index in [0.29, 0.717) is 5.75 Å². The number of methoxy groups -OCH3 is 1. The third-order valence-electron chi connectivity index (χ3n) is 1.04. The van der Waals surface area contributed by atoms with Gasteiger partial charge in [0.2, 0.25) is 0 Å². The Morgan fingerprint density at radius 3 is 2.80 bits per heavy atom. The van der Waals surface area contributed by atoms with Crippen molar-refractivity contribution in [1.82, 2.24) is 0 Å². The average Bonchev–Trinajstić information content (AvgIpc) is 1.95. The van der Waals surface area contributed by atoms with Crippen LogP contribution >= 0.6 is 11.6 Å². The van der Waals surface area contributed by atoms with Gasteiger partial charge in [0.15, 0.2) is 5.82 Å². The van der Waals surface area contributed by atoms with Crippen LogP contribution in [0.4, 0.5) is 4.39 Å². The van der Waals surface area contributed by atoms with Crippen LogP contribution in [0.1, 0.15) is 0 Å². The Kier molecular flexibility index (Phi) is 2.12. The molecule has 1 nitrogen and oxygen atoms in total. The van der Waals surface area contributed by atoms with Crippen molar-refractivity contribution < 1.29 is 9.13 Å². The van der Waals surface area contributed by atoms with Gasteiger partial charge in [0.1, 0.15) is 5.75 Å². The maximum atomic E-state index is 12.5. The number of benzene rings is 1. The highest BCUT2D eigenvalue weighted by Crippen LogP contribution is 2.18. The fourth-order valence-electron chi connectivity index (χ4n) is 0.551. The van der Waals surface area contributed by atoms with Crippen molar-refractivity contribution >= 4 is 11.6 Å². The summed E-state index contributed by atoms with van der Waals surface area (Å²) in [6, 6.07) is 5.27. The number of halogens is 2. The Bertz CT molecular complexity index is 237. The Balaban J connectivity index is 3.04. The Morgan fingerprint density at radius 2 is 2.30 bits per heavy atom. The zero-order chi connectivity index (χ0) is 7.56. The van der Waals surface area contributed by atoms with Crippen molar-refractivity contribution in [2.24, 2.45) is 0 Å². The van der Waals surface area contributed by atoms with Gasteiger partial charge in [0.25, 0.3) is 0 Å². The van der Waals surface area contributed by atoms with Gasteiger partial charge in [-0.1, -0.05) is 11.6 Å². The van der Waals surface area contributed by atoms with Crippen molar-refractivity contribution in [1.29, 1.82) is 0 Å². The van der Waals surface area contributed by atoms with Crippen LogP contribution in [0.15, 0.2) is 12.1 Å². The summed E-state index contributed by atoms with van der Waals surface area (Å²) in [5, 5.41) is 0.0563. The second-order valence-corrected chi connectivity index (χ2v) is 2.10. The van der Waals surface area contributed by atoms with E-state index in [-0.39, 0.29) is 5.02 Å². The number of ether oxygens (including phenoxy) is 1. The lowest BCUT2D eigenvalue weighted by molar-refractivity contribution is 0.410. The number of rotatable bonds is 1. The maximum absolute atomic E-state index is 12.5. The van der Waals surface area contributed by atoms with Crippen LogP contribution in [-0.4, -0.2) is 7.11 Å². The molecule has 0 saturated carbocycles. The SMILES string of the molecule is COc1[c]c(F)c(Cl)cc1. The monoisotopic (exact) mass is 159 g/mol. The highest BCUT2D eigenvalue weighted by atomic mass is 35.5. The molecule has 0 spiro atoms. The van der Waals surface area contributed by atoms with Gasteiger partial charge >= 0.3 is 0 Å². The molecular formula is C7H5ClFO. The molecule has 1 rings (SSSR count). The van der Waals surface area contributed by atoms with Gasteiger partial charge in [-0.15, -0.1) is 0 Å². The van der Waals surface area contributed by atoms with E-state index in [1.807, 2.05) is 0 Å². The molecule has 0 atom stereocenters. The van der Waals surface area contributed by atoms with Gasteiger partial charge in [-0.05, 0) is 12.1 Å². The molecule has 0 aliphatic heterocycles. The molecular weight excluding hydrogens is 155 g/mol. The molecule has 1 radical (unpaired) electrons. The van der Waals surface area contributed by atoms with Crippen LogP contribution < -0.4 is 4.74 Å². The van der Waals surface area contributed by atoms with E-state index in [9.17, 15) is 4.39 Å². The summed E-state index contributed by atoms with van der Waals surface area (Å²) in [7, 11) is 1.44. The van der Waals surface area contributed by atoms with Crippen molar-refractivity contribution in [3.8, 4) is 5.75 Å². The molecule has 0 unspecified atom stereocenters. The van der Waals surface area contributed by atoms with Gasteiger partial charge in [-0.25, -0.2) is 4.39 Å². The average molecular weight is 160 g/mol. The normalized spacial score (nSPS) is 9.50. The van der Waals surface area contributed by atoms with E-state index in [1.165, 1.54) is 13.2 Å². The predicted molar refractivity (Wildman–Crippen MR) is 36.8 cm³/mol. The van der Waals surface area contributed by atoms with Gasteiger partial charge in [-0.2, -0.15) is 0 Å². The minimum Gasteiger partial charge on any atom is -0.496 e. The molecule has 0 bridgehead atoms. The first-order chi connectivity index (χ1) is 4.74. The molecule has 0 aromatic heterocycles. The molecule has 0 fully saturated rings. The second kappa shape index (κ2) is 2.88. The Morgan fingerprint density at radius 1 is 1.60 bits per heavy atom. The Labute approximate surface area is 63.4 Å². The molecule has 0 amide bonds. The largest absolute Gasteiger partial charge is 0.496 e. The molecule has 0 heterocycles. The third-order valence-corrected chi connectivity index (χ3v) is 1.34. The maximum Gasteiger partial charge on any atom is 0.153 e. The minimum absolute atomic E-state index is 0.0563. The van der Waals surface area contributed by atoms with E-state index < -0.39 is 5.82 Å². The molecule has 3 heteroatoms. The van der Waals surface area contributed by atoms with Crippen molar-refractivity contribution in [2.45, 2.75) is 0 Å². The number of hydrogen-bond donors (Lipinski definition) is 0. The van der Waals surface area contributed by atoms with E-state index in [2.05, 4.69) is 6.07 Å². The van der Waals surface area contributed by atoms with Crippen LogP contribution in [-0.2, 0) is 0 Å². The molecule has 10 heavy (non-hydrogen) atoms. The zero-order valence-electron chi connectivity index (χ0n) is 5.32. The summed E-state index contributed by atoms with van der Waals surface area (Å²) in [4.78, 5) is 0. The van der Waals surface area contributed by atoms with Gasteiger partial charge < -0.3 is 4.74 Å². The lowest BCUT2D eigenvalue weighted by Gasteiger charge is -1.97. The molecule has 0 saturated heterocycles. The fourth-order valence-corrected chi connectivity index (χ4v) is 0.661. The van der Waals surface area contributed by atoms with Gasteiger partial charge in [0, 0.05) is 0 Å². The standard InChI is InChI=1S/C7H5ClFO/c1-10-5-2-3-6(8)7(9)4-5/h2-3H,1H3. The topological polar surface area (TPSA) is 9.23 Å². The molecule has 1 aromatic carbocycles. The van der Waals surface area contributed by atoms with Crippen molar-refractivity contribution in [2.75, 3.05) is 7.11 Å². The zero-order valence-corrected chi connectivity index (χ0v) is 6.07.